The van der Waals surface area contributed by atoms with Crippen LogP contribution in [0.15, 0.2) is 48.7 Å². The highest BCUT2D eigenvalue weighted by atomic mass is 16.5. The van der Waals surface area contributed by atoms with Crippen LogP contribution in [-0.4, -0.2) is 54.1 Å². The Morgan fingerprint density at radius 3 is 2.38 bits per heavy atom. The van der Waals surface area contributed by atoms with Crippen LogP contribution in [0.3, 0.4) is 0 Å². The molecule has 0 amide bonds. The molecule has 242 valence electrons. The van der Waals surface area contributed by atoms with Crippen molar-refractivity contribution in [2.45, 2.75) is 72.1 Å². The van der Waals surface area contributed by atoms with Gasteiger partial charge in [0.1, 0.15) is 11.6 Å². The van der Waals surface area contributed by atoms with Gasteiger partial charge >= 0.3 is 0 Å². The van der Waals surface area contributed by atoms with Gasteiger partial charge in [-0.2, -0.15) is 0 Å². The predicted octanol–water partition coefficient (Wildman–Crippen LogP) is 5.89. The maximum atomic E-state index is 12.9. The lowest BCUT2D eigenvalue weighted by molar-refractivity contribution is -0.124. The van der Waals surface area contributed by atoms with Gasteiger partial charge in [0.25, 0.3) is 0 Å². The van der Waals surface area contributed by atoms with E-state index in [2.05, 4.69) is 49.3 Å². The summed E-state index contributed by atoms with van der Waals surface area (Å²) in [5.41, 5.74) is 13.1. The van der Waals surface area contributed by atoms with E-state index < -0.39 is 6.61 Å². The number of carbonyl (C=O) groups excluding carboxylic acids is 2. The molecule has 0 radical (unpaired) electrons. The van der Waals surface area contributed by atoms with E-state index in [4.69, 9.17) is 10.5 Å². The molecular formula is C37H49N3O5. The summed E-state index contributed by atoms with van der Waals surface area (Å²) in [6.07, 6.45) is 8.03. The minimum Gasteiger partial charge on any atom is -0.504 e. The molecule has 45 heavy (non-hydrogen) atoms. The lowest BCUT2D eigenvalue weighted by atomic mass is 9.92. The molecule has 0 aliphatic carbocycles. The number of nitrogens with one attached hydrogen (secondary N) is 1. The summed E-state index contributed by atoms with van der Waals surface area (Å²) in [7, 11) is 3.39. The quantitative estimate of drug-likeness (QED) is 0.0791. The number of pyridine rings is 1. The number of unbranched alkanes of at least 4 members (excludes halogenated alkanes) is 2. The number of hydrogen-bond acceptors (Lipinski definition) is 8. The first-order chi connectivity index (χ1) is 21.5. The maximum Gasteiger partial charge on any atom is 0.163 e. The number of anilines is 1. The fourth-order valence-electron chi connectivity index (χ4n) is 5.82. The fraction of sp³-hybridized carbons (Fsp3) is 0.432. The molecule has 0 spiro atoms. The normalized spacial score (nSPS) is 12.3. The standard InChI is InChI=1S/C37H49N3O5/c1-24(21-39-4)9-7-6-8-10-32(42)19-33(43)17-31(23-41)34-20-36(45-5)35(44)18-29(34)15-28-16-30(37(38)40-22-28)14-27-12-25(2)11-26(3)13-27/h11-13,16-18,20,22,24,39,41,44H,6-10,14-15,19,21,23H2,1-5H3,(H2,38,40). The van der Waals surface area contributed by atoms with Gasteiger partial charge in [0.15, 0.2) is 17.3 Å². The lowest BCUT2D eigenvalue weighted by Crippen LogP contribution is -2.15. The van der Waals surface area contributed by atoms with E-state index in [1.807, 2.05) is 13.1 Å². The van der Waals surface area contributed by atoms with E-state index in [0.29, 0.717) is 47.7 Å². The van der Waals surface area contributed by atoms with Crippen molar-refractivity contribution in [2.75, 3.05) is 33.0 Å². The van der Waals surface area contributed by atoms with Crippen molar-refractivity contribution < 1.29 is 24.5 Å². The molecule has 3 aromatic rings. The number of Topliss-reactive ketones (excluding diaryl/α,β-unsaturated/α-hetero) is 1. The fourth-order valence-corrected chi connectivity index (χ4v) is 5.82. The average molecular weight is 616 g/mol. The molecule has 0 aliphatic rings. The van der Waals surface area contributed by atoms with E-state index in [9.17, 15) is 19.8 Å². The summed E-state index contributed by atoms with van der Waals surface area (Å²) >= 11 is 0. The summed E-state index contributed by atoms with van der Waals surface area (Å²) in [6.45, 7) is 6.89. The van der Waals surface area contributed by atoms with Crippen LogP contribution in [0, 0.1) is 19.8 Å². The van der Waals surface area contributed by atoms with Crippen LogP contribution in [0.4, 0.5) is 5.82 Å². The number of nitrogens with two attached hydrogens (primary N) is 1. The summed E-state index contributed by atoms with van der Waals surface area (Å²) < 4.78 is 5.34. The number of aryl methyl sites for hydroxylation is 2. The smallest absolute Gasteiger partial charge is 0.163 e. The molecule has 0 saturated heterocycles. The second-order valence-electron chi connectivity index (χ2n) is 12.2. The number of rotatable bonds is 18. The number of carbonyl (C=O) groups is 2. The number of phenols is 1. The Kier molecular flexibility index (Phi) is 13.8. The summed E-state index contributed by atoms with van der Waals surface area (Å²) in [6, 6.07) is 11.6. The molecule has 8 nitrogen and oxygen atoms in total. The van der Waals surface area contributed by atoms with E-state index in [-0.39, 0.29) is 29.5 Å². The number of benzene rings is 2. The molecule has 8 heteroatoms. The highest BCUT2D eigenvalue weighted by molar-refractivity contribution is 6.07. The number of nitrogen functional groups attached to an aromatic ring is 1. The third kappa shape index (κ3) is 11.1. The molecule has 1 unspecified atom stereocenters. The molecule has 1 atom stereocenters. The Morgan fingerprint density at radius 2 is 1.71 bits per heavy atom. The summed E-state index contributed by atoms with van der Waals surface area (Å²) in [5, 5.41) is 24.1. The third-order valence-corrected chi connectivity index (χ3v) is 7.96. The predicted molar refractivity (Wildman–Crippen MR) is 181 cm³/mol. The van der Waals surface area contributed by atoms with Gasteiger partial charge in [-0.3, -0.25) is 9.59 Å². The number of aliphatic hydroxyl groups is 1. The van der Waals surface area contributed by atoms with Gasteiger partial charge in [0.05, 0.1) is 20.1 Å². The molecule has 0 saturated carbocycles. The monoisotopic (exact) mass is 615 g/mol. The SMILES string of the molecule is CNCC(C)CCCCCC(=O)CC(=O)C=C(CO)c1cc(OC)c(O)cc1Cc1cnc(N)c(Cc2cc(C)cc(C)c2)c1. The van der Waals surface area contributed by atoms with Crippen molar-refractivity contribution in [3.05, 3.63) is 87.6 Å². The highest BCUT2D eigenvalue weighted by Crippen LogP contribution is 2.34. The van der Waals surface area contributed by atoms with Gasteiger partial charge in [-0.05, 0) is 110 Å². The minimum atomic E-state index is -0.427. The Morgan fingerprint density at radius 1 is 1.00 bits per heavy atom. The van der Waals surface area contributed by atoms with Crippen LogP contribution >= 0.6 is 0 Å². The molecule has 5 N–H and O–H groups in total. The number of allylic oxidation sites excluding steroid dienone is 1. The van der Waals surface area contributed by atoms with E-state index in [1.54, 1.807) is 18.3 Å². The van der Waals surface area contributed by atoms with Gasteiger partial charge in [-0.25, -0.2) is 4.98 Å². The van der Waals surface area contributed by atoms with Crippen molar-refractivity contribution >= 4 is 23.0 Å². The van der Waals surface area contributed by atoms with Crippen molar-refractivity contribution in [3.8, 4) is 11.5 Å². The van der Waals surface area contributed by atoms with Crippen LogP contribution in [-0.2, 0) is 22.4 Å². The molecule has 1 aromatic heterocycles. The Bertz CT molecular complexity index is 1480. The van der Waals surface area contributed by atoms with Crippen molar-refractivity contribution in [2.24, 2.45) is 5.92 Å². The van der Waals surface area contributed by atoms with Gasteiger partial charge in [0.2, 0.25) is 0 Å². The topological polar surface area (TPSA) is 135 Å². The first-order valence-corrected chi connectivity index (χ1v) is 15.7. The van der Waals surface area contributed by atoms with E-state index in [1.165, 1.54) is 24.3 Å². The number of aliphatic hydroxyl groups excluding tert-OH is 1. The average Bonchev–Trinajstić information content (AvgIpc) is 2.97. The van der Waals surface area contributed by atoms with Crippen LogP contribution < -0.4 is 15.8 Å². The number of ether oxygens (including phenoxy) is 1. The van der Waals surface area contributed by atoms with E-state index in [0.717, 1.165) is 48.9 Å². The Labute approximate surface area is 267 Å². The number of ketones is 2. The van der Waals surface area contributed by atoms with Crippen LogP contribution in [0.2, 0.25) is 0 Å². The number of phenolic OH excluding ortho intramolecular Hbond substituents is 1. The van der Waals surface area contributed by atoms with Crippen molar-refractivity contribution in [3.63, 3.8) is 0 Å². The highest BCUT2D eigenvalue weighted by Gasteiger charge is 2.17. The van der Waals surface area contributed by atoms with Gasteiger partial charge < -0.3 is 26.0 Å². The number of nitrogens with zero attached hydrogens (tertiary/aromatic N) is 1. The largest absolute Gasteiger partial charge is 0.504 e. The third-order valence-electron chi connectivity index (χ3n) is 7.96. The number of aromatic hydroxyl groups is 1. The Hall–Kier alpha value is -4.01. The summed E-state index contributed by atoms with van der Waals surface area (Å²) in [4.78, 5) is 29.9. The Balaban J connectivity index is 1.77. The molecule has 0 fully saturated rings. The zero-order chi connectivity index (χ0) is 32.9. The van der Waals surface area contributed by atoms with Gasteiger partial charge in [0, 0.05) is 19.0 Å². The van der Waals surface area contributed by atoms with Crippen LogP contribution in [0.1, 0.15) is 84.4 Å². The molecular weight excluding hydrogens is 566 g/mol. The number of aromatic nitrogens is 1. The molecule has 0 bridgehead atoms. The van der Waals surface area contributed by atoms with Crippen LogP contribution in [0.5, 0.6) is 11.5 Å². The first-order valence-electron chi connectivity index (χ1n) is 15.7. The van der Waals surface area contributed by atoms with Crippen molar-refractivity contribution in [1.29, 1.82) is 0 Å². The van der Waals surface area contributed by atoms with Crippen molar-refractivity contribution in [1.82, 2.24) is 10.3 Å². The first kappa shape index (κ1) is 35.5. The second kappa shape index (κ2) is 17.5. The zero-order valence-corrected chi connectivity index (χ0v) is 27.4. The molecule has 3 rings (SSSR count). The van der Waals surface area contributed by atoms with E-state index >= 15 is 0 Å². The molecule has 0 aliphatic heterocycles. The molecule has 2 aromatic carbocycles. The van der Waals surface area contributed by atoms with Gasteiger partial charge in [-0.1, -0.05) is 49.1 Å². The lowest BCUT2D eigenvalue weighted by Gasteiger charge is -2.16. The maximum absolute atomic E-state index is 12.9. The second-order valence-corrected chi connectivity index (χ2v) is 12.2. The minimum absolute atomic E-state index is 0.0609. The zero-order valence-electron chi connectivity index (χ0n) is 27.4. The molecule has 1 heterocycles. The number of methoxy groups -OCH3 is 1. The van der Waals surface area contributed by atoms with Gasteiger partial charge in [-0.15, -0.1) is 0 Å². The number of hydrogen-bond donors (Lipinski definition) is 4. The van der Waals surface area contributed by atoms with Crippen LogP contribution in [0.25, 0.3) is 5.57 Å². The summed E-state index contributed by atoms with van der Waals surface area (Å²) in [5.74, 6) is 0.726.